The molecule has 0 spiro atoms. The normalized spacial score (nSPS) is 24.6. The SMILES string of the molecule is Cc1cc2c(cc(C(=O)N3CC4(C)CC3CC(C)(C)C4)n2Cc2ccc(C(F)(F)F)cc2)o1. The molecule has 1 aliphatic carbocycles. The average Bonchev–Trinajstić information content (AvgIpc) is 3.29. The number of alkyl halides is 3. The Kier molecular flexibility index (Phi) is 4.79. The fraction of sp³-hybridized carbons (Fsp3) is 0.500. The lowest BCUT2D eigenvalue weighted by Gasteiger charge is -2.39. The summed E-state index contributed by atoms with van der Waals surface area (Å²) in [5.41, 5.74) is 2.25. The summed E-state index contributed by atoms with van der Waals surface area (Å²) in [6, 6.07) is 8.99. The third kappa shape index (κ3) is 3.96. The van der Waals surface area contributed by atoms with Crippen LogP contribution in [-0.2, 0) is 12.7 Å². The molecule has 1 amide bonds. The summed E-state index contributed by atoms with van der Waals surface area (Å²) in [5.74, 6) is 0.698. The Labute approximate surface area is 191 Å². The largest absolute Gasteiger partial charge is 0.460 e. The molecule has 2 unspecified atom stereocenters. The van der Waals surface area contributed by atoms with Crippen LogP contribution in [0.3, 0.4) is 0 Å². The van der Waals surface area contributed by atoms with E-state index in [9.17, 15) is 18.0 Å². The quantitative estimate of drug-likeness (QED) is 0.441. The van der Waals surface area contributed by atoms with Crippen LogP contribution >= 0.6 is 0 Å². The van der Waals surface area contributed by atoms with Crippen LogP contribution in [0.4, 0.5) is 13.2 Å². The number of fused-ring (bicyclic) bond motifs is 3. The molecular weight excluding hydrogens is 429 g/mol. The van der Waals surface area contributed by atoms with Crippen molar-refractivity contribution < 1.29 is 22.4 Å². The molecule has 2 aromatic heterocycles. The summed E-state index contributed by atoms with van der Waals surface area (Å²) < 4.78 is 46.6. The molecule has 4 nitrogen and oxygen atoms in total. The number of nitrogens with zero attached hydrogens (tertiary/aromatic N) is 2. The van der Waals surface area contributed by atoms with Crippen LogP contribution < -0.4 is 0 Å². The Balaban J connectivity index is 1.50. The zero-order valence-electron chi connectivity index (χ0n) is 19.4. The van der Waals surface area contributed by atoms with E-state index in [-0.39, 0.29) is 22.8 Å². The number of furan rings is 1. The van der Waals surface area contributed by atoms with Crippen LogP contribution in [0.25, 0.3) is 11.1 Å². The topological polar surface area (TPSA) is 38.4 Å². The number of carbonyl (C=O) groups excluding carboxylic acids is 1. The van der Waals surface area contributed by atoms with Gasteiger partial charge in [-0.05, 0) is 54.7 Å². The van der Waals surface area contributed by atoms with Crippen LogP contribution in [0.1, 0.15) is 67.4 Å². The van der Waals surface area contributed by atoms with Gasteiger partial charge in [-0.15, -0.1) is 0 Å². The molecule has 176 valence electrons. The molecule has 0 N–H and O–H groups in total. The van der Waals surface area contributed by atoms with Gasteiger partial charge >= 0.3 is 6.18 Å². The third-order valence-electron chi connectivity index (χ3n) is 7.23. The maximum absolute atomic E-state index is 13.8. The fourth-order valence-electron chi connectivity index (χ4n) is 6.34. The Morgan fingerprint density at radius 2 is 1.82 bits per heavy atom. The molecule has 33 heavy (non-hydrogen) atoms. The van der Waals surface area contributed by atoms with E-state index >= 15 is 0 Å². The molecule has 2 bridgehead atoms. The van der Waals surface area contributed by atoms with Gasteiger partial charge in [0.05, 0.1) is 11.1 Å². The van der Waals surface area contributed by atoms with E-state index in [0.717, 1.165) is 49.2 Å². The van der Waals surface area contributed by atoms with Gasteiger partial charge in [-0.1, -0.05) is 32.9 Å². The summed E-state index contributed by atoms with van der Waals surface area (Å²) in [5, 5.41) is 0. The van der Waals surface area contributed by atoms with E-state index in [1.807, 2.05) is 22.5 Å². The van der Waals surface area contributed by atoms with Crippen molar-refractivity contribution in [2.45, 2.75) is 65.7 Å². The van der Waals surface area contributed by atoms with Gasteiger partial charge in [-0.2, -0.15) is 13.2 Å². The first-order valence-corrected chi connectivity index (χ1v) is 11.4. The van der Waals surface area contributed by atoms with E-state index in [1.165, 1.54) is 12.1 Å². The molecule has 3 aromatic rings. The highest BCUT2D eigenvalue weighted by Crippen LogP contribution is 2.52. The summed E-state index contributed by atoms with van der Waals surface area (Å²) in [6.07, 6.45) is -1.30. The molecule has 1 aliphatic heterocycles. The van der Waals surface area contributed by atoms with Crippen LogP contribution in [0.2, 0.25) is 0 Å². The van der Waals surface area contributed by atoms with E-state index in [4.69, 9.17) is 4.42 Å². The van der Waals surface area contributed by atoms with E-state index < -0.39 is 11.7 Å². The molecule has 2 fully saturated rings. The van der Waals surface area contributed by atoms with Gasteiger partial charge in [0.2, 0.25) is 0 Å². The van der Waals surface area contributed by atoms with Crippen molar-refractivity contribution >= 4 is 17.0 Å². The van der Waals surface area contributed by atoms with Crippen molar-refractivity contribution in [1.82, 2.24) is 9.47 Å². The molecule has 5 rings (SSSR count). The summed E-state index contributed by atoms with van der Waals surface area (Å²) in [4.78, 5) is 15.8. The highest BCUT2D eigenvalue weighted by Gasteiger charge is 2.51. The van der Waals surface area contributed by atoms with Gasteiger partial charge in [-0.25, -0.2) is 0 Å². The molecule has 2 atom stereocenters. The van der Waals surface area contributed by atoms with E-state index in [2.05, 4.69) is 20.8 Å². The number of hydrogen-bond acceptors (Lipinski definition) is 2. The Morgan fingerprint density at radius 1 is 1.12 bits per heavy atom. The van der Waals surface area contributed by atoms with Crippen LogP contribution in [0.5, 0.6) is 0 Å². The van der Waals surface area contributed by atoms with Crippen molar-refractivity contribution in [2.75, 3.05) is 6.54 Å². The van der Waals surface area contributed by atoms with Gasteiger partial charge in [0, 0.05) is 31.3 Å². The number of likely N-dealkylation sites (tertiary alicyclic amines) is 1. The van der Waals surface area contributed by atoms with Gasteiger partial charge in [0.15, 0.2) is 5.58 Å². The monoisotopic (exact) mass is 458 g/mol. The molecule has 1 saturated heterocycles. The second kappa shape index (κ2) is 7.15. The van der Waals surface area contributed by atoms with Gasteiger partial charge in [0.1, 0.15) is 11.5 Å². The highest BCUT2D eigenvalue weighted by atomic mass is 19.4. The van der Waals surface area contributed by atoms with Crippen molar-refractivity contribution in [3.05, 3.63) is 59.0 Å². The lowest BCUT2D eigenvalue weighted by atomic mass is 9.65. The summed E-state index contributed by atoms with van der Waals surface area (Å²) in [6.45, 7) is 9.68. The first-order chi connectivity index (χ1) is 15.3. The molecule has 1 aromatic carbocycles. The summed E-state index contributed by atoms with van der Waals surface area (Å²) in [7, 11) is 0. The molecule has 7 heteroatoms. The predicted octanol–water partition coefficient (Wildman–Crippen LogP) is 6.65. The first kappa shape index (κ1) is 22.1. The van der Waals surface area contributed by atoms with Crippen LogP contribution in [0.15, 0.2) is 40.8 Å². The van der Waals surface area contributed by atoms with Gasteiger partial charge < -0.3 is 13.9 Å². The minimum Gasteiger partial charge on any atom is -0.460 e. The molecule has 2 aliphatic rings. The molecule has 1 saturated carbocycles. The standard InChI is InChI=1S/C26H29F3N2O2/c1-16-9-20-22(33-16)10-21(30(20)13-17-5-7-18(8-6-17)26(27,28)29)23(32)31-15-25(4)12-19(31)11-24(2,3)14-25/h5-10,19H,11-15H2,1-4H3. The van der Waals surface area contributed by atoms with Crippen molar-refractivity contribution in [3.63, 3.8) is 0 Å². The number of aryl methyl sites for hydroxylation is 1. The minimum absolute atomic E-state index is 0.0302. The zero-order valence-corrected chi connectivity index (χ0v) is 19.4. The fourth-order valence-corrected chi connectivity index (χ4v) is 6.34. The Morgan fingerprint density at radius 3 is 2.48 bits per heavy atom. The molecule has 3 heterocycles. The zero-order chi connectivity index (χ0) is 23.8. The number of rotatable bonds is 3. The highest BCUT2D eigenvalue weighted by molar-refractivity contribution is 5.98. The van der Waals surface area contributed by atoms with E-state index in [1.54, 1.807) is 6.07 Å². The molecule has 0 radical (unpaired) electrons. The lowest BCUT2D eigenvalue weighted by molar-refractivity contribution is -0.137. The van der Waals surface area contributed by atoms with Crippen molar-refractivity contribution in [2.24, 2.45) is 10.8 Å². The van der Waals surface area contributed by atoms with Crippen LogP contribution in [0, 0.1) is 17.8 Å². The maximum atomic E-state index is 13.8. The van der Waals surface area contributed by atoms with Gasteiger partial charge in [0.25, 0.3) is 5.91 Å². The number of hydrogen-bond donors (Lipinski definition) is 0. The number of amides is 1. The van der Waals surface area contributed by atoms with E-state index in [0.29, 0.717) is 23.4 Å². The lowest BCUT2D eigenvalue weighted by Crippen LogP contribution is -2.38. The second-order valence-corrected chi connectivity index (χ2v) is 11.1. The Bertz CT molecular complexity index is 1220. The van der Waals surface area contributed by atoms with Gasteiger partial charge in [-0.3, -0.25) is 4.79 Å². The summed E-state index contributed by atoms with van der Waals surface area (Å²) >= 11 is 0. The number of halogens is 3. The maximum Gasteiger partial charge on any atom is 0.416 e. The number of benzene rings is 1. The average molecular weight is 459 g/mol. The Hall–Kier alpha value is -2.70. The second-order valence-electron chi connectivity index (χ2n) is 11.1. The predicted molar refractivity (Wildman–Crippen MR) is 120 cm³/mol. The van der Waals surface area contributed by atoms with Crippen molar-refractivity contribution in [1.29, 1.82) is 0 Å². The van der Waals surface area contributed by atoms with Crippen molar-refractivity contribution in [3.8, 4) is 0 Å². The number of aromatic nitrogens is 1. The third-order valence-corrected chi connectivity index (χ3v) is 7.23. The first-order valence-electron chi connectivity index (χ1n) is 11.4. The number of carbonyl (C=O) groups is 1. The smallest absolute Gasteiger partial charge is 0.416 e. The molecular formula is C26H29F3N2O2. The minimum atomic E-state index is -4.38. The van der Waals surface area contributed by atoms with Crippen LogP contribution in [-0.4, -0.2) is 28.0 Å².